The summed E-state index contributed by atoms with van der Waals surface area (Å²) in [6, 6.07) is 15.8. The van der Waals surface area contributed by atoms with Crippen molar-refractivity contribution < 1.29 is 4.39 Å². The first-order valence-electron chi connectivity index (χ1n) is 7.64. The average Bonchev–Trinajstić information content (AvgIpc) is 2.51. The van der Waals surface area contributed by atoms with Crippen LogP contribution in [0.25, 0.3) is 0 Å². The zero-order valence-electron chi connectivity index (χ0n) is 11.8. The summed E-state index contributed by atoms with van der Waals surface area (Å²) in [5.74, 6) is 0.585. The number of rotatable bonds is 3. The van der Waals surface area contributed by atoms with Crippen LogP contribution in [-0.4, -0.2) is 0 Å². The van der Waals surface area contributed by atoms with Gasteiger partial charge in [-0.15, -0.1) is 0 Å². The van der Waals surface area contributed by atoms with E-state index in [0.717, 1.165) is 12.3 Å². The van der Waals surface area contributed by atoms with Gasteiger partial charge in [-0.1, -0.05) is 55.7 Å². The van der Waals surface area contributed by atoms with Gasteiger partial charge < -0.3 is 0 Å². The molecule has 0 aromatic heterocycles. The van der Waals surface area contributed by atoms with Crippen molar-refractivity contribution in [2.24, 2.45) is 0 Å². The van der Waals surface area contributed by atoms with E-state index >= 15 is 0 Å². The van der Waals surface area contributed by atoms with Gasteiger partial charge in [0, 0.05) is 0 Å². The largest absolute Gasteiger partial charge is 0.207 e. The van der Waals surface area contributed by atoms with E-state index in [4.69, 9.17) is 0 Å². The second-order valence-electron chi connectivity index (χ2n) is 5.88. The molecule has 104 valence electrons. The second-order valence-corrected chi connectivity index (χ2v) is 5.88. The average molecular weight is 268 g/mol. The van der Waals surface area contributed by atoms with E-state index < -0.39 is 0 Å². The van der Waals surface area contributed by atoms with Gasteiger partial charge in [-0.05, 0) is 54.0 Å². The van der Waals surface area contributed by atoms with Gasteiger partial charge in [0.2, 0.25) is 0 Å². The maximum atomic E-state index is 12.9. The third-order valence-corrected chi connectivity index (χ3v) is 4.35. The van der Waals surface area contributed by atoms with Gasteiger partial charge in [0.25, 0.3) is 0 Å². The lowest BCUT2D eigenvalue weighted by molar-refractivity contribution is 0.443. The van der Waals surface area contributed by atoms with Crippen LogP contribution in [0, 0.1) is 5.82 Å². The predicted molar refractivity (Wildman–Crippen MR) is 81.5 cm³/mol. The number of hydrogen-bond donors (Lipinski definition) is 0. The van der Waals surface area contributed by atoms with E-state index in [1.54, 1.807) is 12.1 Å². The Morgan fingerprint density at radius 1 is 0.850 bits per heavy atom. The SMILES string of the molecule is Fc1ccc(Cc2cccc(C3CCCCC3)c2)cc1. The normalized spacial score (nSPS) is 16.2. The van der Waals surface area contributed by atoms with Crippen molar-refractivity contribution in [2.45, 2.75) is 44.4 Å². The topological polar surface area (TPSA) is 0 Å². The first-order valence-corrected chi connectivity index (χ1v) is 7.64. The minimum Gasteiger partial charge on any atom is -0.207 e. The fourth-order valence-electron chi connectivity index (χ4n) is 3.23. The van der Waals surface area contributed by atoms with Crippen LogP contribution in [0.3, 0.4) is 0 Å². The predicted octanol–water partition coefficient (Wildman–Crippen LogP) is 5.46. The maximum Gasteiger partial charge on any atom is 0.123 e. The van der Waals surface area contributed by atoms with Gasteiger partial charge in [-0.3, -0.25) is 0 Å². The zero-order valence-corrected chi connectivity index (χ0v) is 11.8. The van der Waals surface area contributed by atoms with Crippen molar-refractivity contribution in [3.8, 4) is 0 Å². The lowest BCUT2D eigenvalue weighted by Gasteiger charge is -2.22. The molecule has 1 fully saturated rings. The number of hydrogen-bond acceptors (Lipinski definition) is 0. The Morgan fingerprint density at radius 3 is 2.35 bits per heavy atom. The Labute approximate surface area is 120 Å². The Balaban J connectivity index is 1.75. The highest BCUT2D eigenvalue weighted by atomic mass is 19.1. The molecule has 0 N–H and O–H groups in total. The standard InChI is InChI=1S/C19H21F/c20-19-11-9-15(10-12-19)13-16-5-4-8-18(14-16)17-6-2-1-3-7-17/h4-5,8-12,14,17H,1-3,6-7,13H2. The Hall–Kier alpha value is -1.63. The van der Waals surface area contributed by atoms with E-state index in [1.165, 1.54) is 48.8 Å². The van der Waals surface area contributed by atoms with E-state index in [1.807, 2.05) is 12.1 Å². The van der Waals surface area contributed by atoms with Crippen LogP contribution in [0.15, 0.2) is 48.5 Å². The summed E-state index contributed by atoms with van der Waals surface area (Å²) in [4.78, 5) is 0. The third-order valence-electron chi connectivity index (χ3n) is 4.35. The molecule has 2 aromatic rings. The molecule has 0 amide bonds. The summed E-state index contributed by atoms with van der Waals surface area (Å²) in [5.41, 5.74) is 4.00. The fraction of sp³-hybridized carbons (Fsp3) is 0.368. The van der Waals surface area contributed by atoms with E-state index in [2.05, 4.69) is 24.3 Å². The molecular weight excluding hydrogens is 247 g/mol. The molecule has 1 heteroatoms. The van der Waals surface area contributed by atoms with Gasteiger partial charge in [-0.25, -0.2) is 4.39 Å². The van der Waals surface area contributed by atoms with Crippen LogP contribution in [0.4, 0.5) is 4.39 Å². The summed E-state index contributed by atoms with van der Waals surface area (Å²) < 4.78 is 12.9. The Morgan fingerprint density at radius 2 is 1.60 bits per heavy atom. The molecule has 1 aliphatic carbocycles. The molecule has 0 saturated heterocycles. The third kappa shape index (κ3) is 3.27. The summed E-state index contributed by atoms with van der Waals surface area (Å²) in [6.07, 6.45) is 7.69. The second kappa shape index (κ2) is 6.21. The molecule has 0 heterocycles. The molecule has 0 atom stereocenters. The molecule has 1 saturated carbocycles. The highest BCUT2D eigenvalue weighted by Crippen LogP contribution is 2.33. The summed E-state index contributed by atoms with van der Waals surface area (Å²) >= 11 is 0. The van der Waals surface area contributed by atoms with Crippen LogP contribution >= 0.6 is 0 Å². The van der Waals surface area contributed by atoms with Gasteiger partial charge >= 0.3 is 0 Å². The smallest absolute Gasteiger partial charge is 0.123 e. The van der Waals surface area contributed by atoms with Crippen LogP contribution in [0.5, 0.6) is 0 Å². The molecule has 20 heavy (non-hydrogen) atoms. The van der Waals surface area contributed by atoms with Crippen molar-refractivity contribution in [1.29, 1.82) is 0 Å². The number of halogens is 1. The lowest BCUT2D eigenvalue weighted by atomic mass is 9.83. The minimum absolute atomic E-state index is 0.162. The monoisotopic (exact) mass is 268 g/mol. The highest BCUT2D eigenvalue weighted by Gasteiger charge is 2.15. The molecular formula is C19H21F. The summed E-state index contributed by atoms with van der Waals surface area (Å²) in [6.45, 7) is 0. The van der Waals surface area contributed by atoms with Crippen LogP contribution in [0.2, 0.25) is 0 Å². The van der Waals surface area contributed by atoms with Gasteiger partial charge in [-0.2, -0.15) is 0 Å². The molecule has 0 aliphatic heterocycles. The Bertz CT molecular complexity index is 550. The molecule has 1 aliphatic rings. The summed E-state index contributed by atoms with van der Waals surface area (Å²) in [7, 11) is 0. The van der Waals surface area contributed by atoms with Crippen molar-refractivity contribution in [3.63, 3.8) is 0 Å². The molecule has 0 nitrogen and oxygen atoms in total. The molecule has 0 bridgehead atoms. The zero-order chi connectivity index (χ0) is 13.8. The fourth-order valence-corrected chi connectivity index (χ4v) is 3.23. The maximum absolute atomic E-state index is 12.9. The van der Waals surface area contributed by atoms with Gasteiger partial charge in [0.15, 0.2) is 0 Å². The molecule has 0 spiro atoms. The molecule has 0 radical (unpaired) electrons. The van der Waals surface area contributed by atoms with Crippen molar-refractivity contribution in [3.05, 3.63) is 71.0 Å². The van der Waals surface area contributed by atoms with E-state index in [0.29, 0.717) is 0 Å². The lowest BCUT2D eigenvalue weighted by Crippen LogP contribution is -2.04. The van der Waals surface area contributed by atoms with Crippen molar-refractivity contribution in [2.75, 3.05) is 0 Å². The van der Waals surface area contributed by atoms with E-state index in [-0.39, 0.29) is 5.82 Å². The minimum atomic E-state index is -0.162. The number of benzene rings is 2. The van der Waals surface area contributed by atoms with Crippen LogP contribution < -0.4 is 0 Å². The highest BCUT2D eigenvalue weighted by molar-refractivity contribution is 5.31. The van der Waals surface area contributed by atoms with Crippen molar-refractivity contribution >= 4 is 0 Å². The quantitative estimate of drug-likeness (QED) is 0.693. The first-order chi connectivity index (χ1) is 9.81. The summed E-state index contributed by atoms with van der Waals surface area (Å²) in [5, 5.41) is 0. The van der Waals surface area contributed by atoms with Crippen molar-refractivity contribution in [1.82, 2.24) is 0 Å². The van der Waals surface area contributed by atoms with Gasteiger partial charge in [0.05, 0.1) is 0 Å². The molecule has 2 aromatic carbocycles. The Kier molecular flexibility index (Phi) is 4.15. The molecule has 3 rings (SSSR count). The first kappa shape index (κ1) is 13.4. The van der Waals surface area contributed by atoms with E-state index in [9.17, 15) is 4.39 Å². The van der Waals surface area contributed by atoms with Crippen LogP contribution in [-0.2, 0) is 6.42 Å². The van der Waals surface area contributed by atoms with Crippen LogP contribution in [0.1, 0.15) is 54.7 Å². The molecule has 0 unspecified atom stereocenters. The van der Waals surface area contributed by atoms with Gasteiger partial charge in [0.1, 0.15) is 5.82 Å².